The molecule has 22 heavy (non-hydrogen) atoms. The van der Waals surface area contributed by atoms with Gasteiger partial charge in [-0.15, -0.1) is 11.3 Å². The lowest BCUT2D eigenvalue weighted by Crippen LogP contribution is -2.37. The molecule has 7 heteroatoms. The number of carbonyl (C=O) groups excluding carboxylic acids is 1. The number of carbonyl (C=O) groups is 1. The summed E-state index contributed by atoms with van der Waals surface area (Å²) in [5, 5.41) is 4.74. The van der Waals surface area contributed by atoms with Crippen molar-refractivity contribution in [2.24, 2.45) is 0 Å². The molecule has 5 nitrogen and oxygen atoms in total. The van der Waals surface area contributed by atoms with Crippen molar-refractivity contribution in [3.8, 4) is 0 Å². The fourth-order valence-corrected chi connectivity index (χ4v) is 3.39. The van der Waals surface area contributed by atoms with Gasteiger partial charge in [-0.25, -0.2) is 13.1 Å². The molecule has 1 aromatic heterocycles. The van der Waals surface area contributed by atoms with Gasteiger partial charge in [0.1, 0.15) is 5.75 Å². The lowest BCUT2D eigenvalue weighted by molar-refractivity contribution is -0.119. The van der Waals surface area contributed by atoms with Crippen LogP contribution in [0.5, 0.6) is 0 Å². The van der Waals surface area contributed by atoms with Crippen molar-refractivity contribution in [1.82, 2.24) is 10.0 Å². The molecule has 1 amide bonds. The molecule has 0 unspecified atom stereocenters. The third-order valence-electron chi connectivity index (χ3n) is 3.14. The van der Waals surface area contributed by atoms with Gasteiger partial charge in [0.25, 0.3) is 0 Å². The van der Waals surface area contributed by atoms with Gasteiger partial charge in [-0.3, -0.25) is 4.79 Å². The number of thiophene rings is 1. The Kier molecular flexibility index (Phi) is 5.70. The average molecular weight is 338 g/mol. The van der Waals surface area contributed by atoms with E-state index in [1.54, 1.807) is 0 Å². The largest absolute Gasteiger partial charge is 0.347 e. The molecule has 0 fully saturated rings. The fourth-order valence-electron chi connectivity index (χ4n) is 2.04. The van der Waals surface area contributed by atoms with Gasteiger partial charge in [-0.2, -0.15) is 0 Å². The van der Waals surface area contributed by atoms with Crippen molar-refractivity contribution in [1.29, 1.82) is 0 Å². The second-order valence-corrected chi connectivity index (χ2v) is 7.69. The molecular weight excluding hydrogens is 320 g/mol. The molecule has 0 aliphatic heterocycles. The number of benzene rings is 1. The lowest BCUT2D eigenvalue weighted by Gasteiger charge is -2.17. The minimum atomic E-state index is -3.56. The van der Waals surface area contributed by atoms with Crippen LogP contribution in [0.25, 0.3) is 0 Å². The van der Waals surface area contributed by atoms with Gasteiger partial charge in [0, 0.05) is 4.88 Å². The van der Waals surface area contributed by atoms with E-state index in [2.05, 4.69) is 10.0 Å². The predicted octanol–water partition coefficient (Wildman–Crippen LogP) is 1.70. The number of amides is 1. The van der Waals surface area contributed by atoms with Crippen molar-refractivity contribution in [3.05, 3.63) is 58.3 Å². The van der Waals surface area contributed by atoms with E-state index in [0.29, 0.717) is 6.42 Å². The maximum atomic E-state index is 12.0. The van der Waals surface area contributed by atoms with E-state index in [1.807, 2.05) is 47.8 Å². The standard InChI is InChI=1S/C15H18N2O3S2/c1-16-22(19,20)11-15(18)17-13(14-8-5-9-21-14)10-12-6-3-2-4-7-12/h2-9,13,16H,10-11H2,1H3,(H,17,18)/t13-/m1/s1. The minimum Gasteiger partial charge on any atom is -0.347 e. The van der Waals surface area contributed by atoms with E-state index in [4.69, 9.17) is 0 Å². The normalized spacial score (nSPS) is 12.8. The minimum absolute atomic E-state index is 0.234. The second-order valence-electron chi connectivity index (χ2n) is 4.79. The van der Waals surface area contributed by atoms with Crippen LogP contribution in [-0.2, 0) is 21.2 Å². The first kappa shape index (κ1) is 16.7. The van der Waals surface area contributed by atoms with Gasteiger partial charge in [-0.1, -0.05) is 36.4 Å². The van der Waals surface area contributed by atoms with E-state index in [1.165, 1.54) is 18.4 Å². The molecule has 0 saturated heterocycles. The highest BCUT2D eigenvalue weighted by Crippen LogP contribution is 2.23. The summed E-state index contributed by atoms with van der Waals surface area (Å²) in [4.78, 5) is 13.0. The molecule has 0 saturated carbocycles. The molecule has 118 valence electrons. The Bertz CT molecular complexity index is 698. The summed E-state index contributed by atoms with van der Waals surface area (Å²) < 4.78 is 25.1. The average Bonchev–Trinajstić information content (AvgIpc) is 3.01. The molecule has 2 rings (SSSR count). The van der Waals surface area contributed by atoms with Crippen molar-refractivity contribution >= 4 is 27.3 Å². The highest BCUT2D eigenvalue weighted by molar-refractivity contribution is 7.90. The monoisotopic (exact) mass is 338 g/mol. The first-order valence-corrected chi connectivity index (χ1v) is 9.31. The quantitative estimate of drug-likeness (QED) is 0.807. The van der Waals surface area contributed by atoms with Gasteiger partial charge >= 0.3 is 0 Å². The van der Waals surface area contributed by atoms with Crippen LogP contribution in [0.2, 0.25) is 0 Å². The SMILES string of the molecule is CNS(=O)(=O)CC(=O)N[C@H](Cc1ccccc1)c1cccs1. The zero-order valence-electron chi connectivity index (χ0n) is 12.2. The summed E-state index contributed by atoms with van der Waals surface area (Å²) in [5.74, 6) is -1.08. The molecule has 0 aliphatic carbocycles. The van der Waals surface area contributed by atoms with Crippen LogP contribution < -0.4 is 10.0 Å². The highest BCUT2D eigenvalue weighted by Gasteiger charge is 2.20. The molecule has 2 aromatic rings. The molecule has 2 N–H and O–H groups in total. The molecule has 1 heterocycles. The summed E-state index contributed by atoms with van der Waals surface area (Å²) in [6.45, 7) is 0. The van der Waals surface area contributed by atoms with Crippen molar-refractivity contribution in [3.63, 3.8) is 0 Å². The molecule has 1 atom stereocenters. The predicted molar refractivity (Wildman–Crippen MR) is 88.2 cm³/mol. The topological polar surface area (TPSA) is 75.3 Å². The second kappa shape index (κ2) is 7.53. The van der Waals surface area contributed by atoms with Crippen molar-refractivity contribution < 1.29 is 13.2 Å². The van der Waals surface area contributed by atoms with E-state index in [0.717, 1.165) is 10.4 Å². The summed E-state index contributed by atoms with van der Waals surface area (Å²) >= 11 is 1.54. The first-order valence-electron chi connectivity index (χ1n) is 6.78. The van der Waals surface area contributed by atoms with Crippen LogP contribution in [0.4, 0.5) is 0 Å². The Morgan fingerprint density at radius 2 is 1.91 bits per heavy atom. The Hall–Kier alpha value is -1.70. The molecule has 0 bridgehead atoms. The number of sulfonamides is 1. The first-order chi connectivity index (χ1) is 10.5. The summed E-state index contributed by atoms with van der Waals surface area (Å²) in [6.07, 6.45) is 0.618. The van der Waals surface area contributed by atoms with Crippen LogP contribution >= 0.6 is 11.3 Å². The zero-order valence-corrected chi connectivity index (χ0v) is 13.8. The Labute approximate surface area is 134 Å². The molecule has 0 spiro atoms. The van der Waals surface area contributed by atoms with Crippen molar-refractivity contribution in [2.45, 2.75) is 12.5 Å². The maximum Gasteiger partial charge on any atom is 0.237 e. The number of hydrogen-bond donors (Lipinski definition) is 2. The summed E-state index contributed by atoms with van der Waals surface area (Å²) in [7, 11) is -2.27. The Morgan fingerprint density at radius 1 is 1.18 bits per heavy atom. The van der Waals surface area contributed by atoms with Gasteiger partial charge in [0.15, 0.2) is 0 Å². The Morgan fingerprint density at radius 3 is 2.50 bits per heavy atom. The highest BCUT2D eigenvalue weighted by atomic mass is 32.2. The maximum absolute atomic E-state index is 12.0. The molecule has 1 aromatic carbocycles. The number of rotatable bonds is 7. The van der Waals surface area contributed by atoms with Crippen LogP contribution in [0.15, 0.2) is 47.8 Å². The van der Waals surface area contributed by atoms with Crippen molar-refractivity contribution in [2.75, 3.05) is 12.8 Å². The van der Waals surface area contributed by atoms with E-state index >= 15 is 0 Å². The van der Waals surface area contributed by atoms with Crippen LogP contribution in [-0.4, -0.2) is 27.1 Å². The van der Waals surface area contributed by atoms with Crippen LogP contribution in [0, 0.1) is 0 Å². The zero-order chi connectivity index (χ0) is 16.0. The molecular formula is C15H18N2O3S2. The molecule has 0 radical (unpaired) electrons. The van der Waals surface area contributed by atoms with Gasteiger partial charge in [-0.05, 0) is 30.5 Å². The lowest BCUT2D eigenvalue weighted by atomic mass is 10.0. The summed E-state index contributed by atoms with van der Waals surface area (Å²) in [6, 6.07) is 13.4. The smallest absolute Gasteiger partial charge is 0.237 e. The number of hydrogen-bond acceptors (Lipinski definition) is 4. The van der Waals surface area contributed by atoms with Gasteiger partial charge in [0.05, 0.1) is 6.04 Å². The van der Waals surface area contributed by atoms with Gasteiger partial charge in [0.2, 0.25) is 15.9 Å². The van der Waals surface area contributed by atoms with E-state index < -0.39 is 21.7 Å². The molecule has 0 aliphatic rings. The Balaban J connectivity index is 2.11. The third kappa shape index (κ3) is 4.94. The number of nitrogens with one attached hydrogen (secondary N) is 2. The van der Waals surface area contributed by atoms with Crippen LogP contribution in [0.3, 0.4) is 0 Å². The van der Waals surface area contributed by atoms with Crippen LogP contribution in [0.1, 0.15) is 16.5 Å². The summed E-state index contributed by atoms with van der Waals surface area (Å²) in [5.41, 5.74) is 1.08. The fraction of sp³-hybridized carbons (Fsp3) is 0.267. The third-order valence-corrected chi connectivity index (χ3v) is 5.39. The van der Waals surface area contributed by atoms with E-state index in [-0.39, 0.29) is 6.04 Å². The van der Waals surface area contributed by atoms with Gasteiger partial charge < -0.3 is 5.32 Å². The van der Waals surface area contributed by atoms with E-state index in [9.17, 15) is 13.2 Å².